The van der Waals surface area contributed by atoms with Crippen molar-refractivity contribution in [2.24, 2.45) is 5.92 Å². The number of fused-ring (bicyclic) bond motifs is 1. The summed E-state index contributed by atoms with van der Waals surface area (Å²) in [4.78, 5) is 15.6. The SMILES string of the molecule is Cc1noc(C)c1S(=O)(=O)Nc1ccc2c(c1)C(=O)N([C@H](C)CO)C[C@H](C)[C@@H](CN(C)S(C)(=O)=O)OCCCC[C@@H](C)O2. The molecule has 2 aromatic rings. The molecule has 2 heterocycles. The smallest absolute Gasteiger partial charge is 0.267 e. The molecule has 0 spiro atoms. The first-order valence-electron chi connectivity index (χ1n) is 14.3. The number of nitrogens with one attached hydrogen (secondary N) is 1. The zero-order valence-electron chi connectivity index (χ0n) is 25.9. The number of amides is 1. The van der Waals surface area contributed by atoms with Crippen LogP contribution in [-0.2, 0) is 24.8 Å². The molecule has 0 saturated heterocycles. The Bertz CT molecular complexity index is 1460. The molecule has 15 heteroatoms. The summed E-state index contributed by atoms with van der Waals surface area (Å²) >= 11 is 0. The van der Waals surface area contributed by atoms with Crippen molar-refractivity contribution in [1.82, 2.24) is 14.4 Å². The number of rotatable bonds is 8. The lowest BCUT2D eigenvalue weighted by Gasteiger charge is -2.35. The van der Waals surface area contributed by atoms with Crippen LogP contribution in [0.25, 0.3) is 0 Å². The summed E-state index contributed by atoms with van der Waals surface area (Å²) < 4.78 is 71.8. The van der Waals surface area contributed by atoms with Gasteiger partial charge in [0.05, 0.1) is 36.7 Å². The molecule has 0 fully saturated rings. The number of anilines is 1. The zero-order valence-corrected chi connectivity index (χ0v) is 27.5. The Labute approximate surface area is 254 Å². The summed E-state index contributed by atoms with van der Waals surface area (Å²) in [7, 11) is -6.08. The van der Waals surface area contributed by atoms with E-state index < -0.39 is 38.1 Å². The van der Waals surface area contributed by atoms with Crippen LogP contribution in [0.15, 0.2) is 27.6 Å². The number of carbonyl (C=O) groups is 1. The van der Waals surface area contributed by atoms with Crippen LogP contribution in [0.4, 0.5) is 5.69 Å². The lowest BCUT2D eigenvalue weighted by molar-refractivity contribution is -0.00828. The molecule has 0 unspecified atom stereocenters. The lowest BCUT2D eigenvalue weighted by Crippen LogP contribution is -2.47. The van der Waals surface area contributed by atoms with Crippen LogP contribution >= 0.6 is 0 Å². The van der Waals surface area contributed by atoms with Crippen molar-refractivity contribution >= 4 is 31.6 Å². The van der Waals surface area contributed by atoms with E-state index in [1.165, 1.54) is 42.2 Å². The van der Waals surface area contributed by atoms with Crippen LogP contribution in [-0.4, -0.2) is 100 Å². The normalized spacial score (nSPS) is 22.0. The Balaban J connectivity index is 2.04. The Hall–Kier alpha value is -2.72. The number of hydrogen-bond donors (Lipinski definition) is 2. The first-order chi connectivity index (χ1) is 20.0. The van der Waals surface area contributed by atoms with Gasteiger partial charge in [-0.25, -0.2) is 21.1 Å². The molecule has 1 aliphatic heterocycles. The molecule has 2 N–H and O–H groups in total. The third-order valence-electron chi connectivity index (χ3n) is 7.54. The number of carbonyl (C=O) groups excluding carboxylic acids is 1. The third kappa shape index (κ3) is 8.91. The Morgan fingerprint density at radius 2 is 1.88 bits per heavy atom. The van der Waals surface area contributed by atoms with E-state index in [1.54, 1.807) is 13.0 Å². The minimum Gasteiger partial charge on any atom is -0.490 e. The predicted molar refractivity (Wildman–Crippen MR) is 161 cm³/mol. The van der Waals surface area contributed by atoms with Crippen LogP contribution in [0.5, 0.6) is 5.75 Å². The number of sulfonamides is 2. The van der Waals surface area contributed by atoms with Gasteiger partial charge in [-0.1, -0.05) is 12.1 Å². The molecule has 4 atom stereocenters. The highest BCUT2D eigenvalue weighted by atomic mass is 32.2. The predicted octanol–water partition coefficient (Wildman–Crippen LogP) is 2.78. The van der Waals surface area contributed by atoms with Gasteiger partial charge in [-0.3, -0.25) is 9.52 Å². The zero-order chi connectivity index (χ0) is 32.1. The van der Waals surface area contributed by atoms with Crippen LogP contribution in [0, 0.1) is 19.8 Å². The number of hydrogen-bond acceptors (Lipinski definition) is 10. The summed E-state index contributed by atoms with van der Waals surface area (Å²) in [5, 5.41) is 13.8. The Morgan fingerprint density at radius 3 is 2.49 bits per heavy atom. The maximum atomic E-state index is 14.2. The average Bonchev–Trinajstić information content (AvgIpc) is 3.27. The highest BCUT2D eigenvalue weighted by molar-refractivity contribution is 7.92. The molecule has 1 aromatic carbocycles. The van der Waals surface area contributed by atoms with Crippen molar-refractivity contribution < 1.29 is 40.7 Å². The van der Waals surface area contributed by atoms with Crippen molar-refractivity contribution in [1.29, 1.82) is 0 Å². The number of aryl methyl sites for hydroxylation is 2. The van der Waals surface area contributed by atoms with E-state index in [1.807, 2.05) is 13.8 Å². The van der Waals surface area contributed by atoms with E-state index in [2.05, 4.69) is 9.88 Å². The van der Waals surface area contributed by atoms with Crippen molar-refractivity contribution in [3.63, 3.8) is 0 Å². The molecule has 1 aliphatic rings. The van der Waals surface area contributed by atoms with Crippen LogP contribution in [0.3, 0.4) is 0 Å². The first-order valence-corrected chi connectivity index (χ1v) is 17.6. The average molecular weight is 645 g/mol. The van der Waals surface area contributed by atoms with Gasteiger partial charge in [0, 0.05) is 38.3 Å². The molecular formula is C28H44N4O9S2. The highest BCUT2D eigenvalue weighted by Crippen LogP contribution is 2.30. The number of aliphatic hydroxyl groups is 1. The second-order valence-corrected chi connectivity index (χ2v) is 15.0. The lowest BCUT2D eigenvalue weighted by atomic mass is 10.0. The molecule has 0 saturated carbocycles. The number of aliphatic hydroxyl groups excluding tert-OH is 1. The summed E-state index contributed by atoms with van der Waals surface area (Å²) in [6, 6.07) is 3.87. The molecule has 3 rings (SSSR count). The number of benzene rings is 1. The minimum atomic E-state index is -4.09. The molecule has 0 aliphatic carbocycles. The van der Waals surface area contributed by atoms with E-state index in [-0.39, 0.29) is 65.1 Å². The Morgan fingerprint density at radius 1 is 1.19 bits per heavy atom. The van der Waals surface area contributed by atoms with Gasteiger partial charge in [0.25, 0.3) is 15.9 Å². The van der Waals surface area contributed by atoms with Gasteiger partial charge in [-0.15, -0.1) is 0 Å². The summed E-state index contributed by atoms with van der Waals surface area (Å²) in [5.41, 5.74) is 0.443. The largest absolute Gasteiger partial charge is 0.490 e. The highest BCUT2D eigenvalue weighted by Gasteiger charge is 2.32. The van der Waals surface area contributed by atoms with Crippen molar-refractivity contribution in [2.45, 2.75) is 77.0 Å². The van der Waals surface area contributed by atoms with Gasteiger partial charge in [0.15, 0.2) is 10.7 Å². The summed E-state index contributed by atoms with van der Waals surface area (Å²) in [6.07, 6.45) is 2.50. The van der Waals surface area contributed by atoms with Gasteiger partial charge < -0.3 is 24.0 Å². The van der Waals surface area contributed by atoms with Crippen LogP contribution in [0.2, 0.25) is 0 Å². The van der Waals surface area contributed by atoms with Gasteiger partial charge in [-0.2, -0.15) is 0 Å². The molecule has 1 aromatic heterocycles. The van der Waals surface area contributed by atoms with Crippen molar-refractivity contribution in [2.75, 3.05) is 44.3 Å². The Kier molecular flexibility index (Phi) is 11.6. The van der Waals surface area contributed by atoms with E-state index in [9.17, 15) is 26.7 Å². The van der Waals surface area contributed by atoms with Crippen molar-refractivity contribution in [3.8, 4) is 5.75 Å². The topological polar surface area (TPSA) is 169 Å². The minimum absolute atomic E-state index is 0.0850. The number of nitrogens with zero attached hydrogens (tertiary/aromatic N) is 3. The summed E-state index contributed by atoms with van der Waals surface area (Å²) in [6.45, 7) is 8.77. The van der Waals surface area contributed by atoms with Crippen LogP contribution in [0.1, 0.15) is 61.8 Å². The molecule has 0 bridgehead atoms. The van der Waals surface area contributed by atoms with Gasteiger partial charge in [0.2, 0.25) is 10.0 Å². The number of aromatic nitrogens is 1. The fraction of sp³-hybridized carbons (Fsp3) is 0.643. The number of likely N-dealkylation sites (N-methyl/N-ethyl adjacent to an activating group) is 1. The fourth-order valence-corrected chi connectivity index (χ4v) is 6.70. The molecule has 242 valence electrons. The molecular weight excluding hydrogens is 600 g/mol. The molecule has 0 radical (unpaired) electrons. The molecule has 43 heavy (non-hydrogen) atoms. The third-order valence-corrected chi connectivity index (χ3v) is 10.4. The van der Waals surface area contributed by atoms with E-state index >= 15 is 0 Å². The maximum absolute atomic E-state index is 14.2. The fourth-order valence-electron chi connectivity index (χ4n) is 4.90. The van der Waals surface area contributed by atoms with E-state index in [0.717, 1.165) is 19.1 Å². The quantitative estimate of drug-likeness (QED) is 0.436. The van der Waals surface area contributed by atoms with Gasteiger partial charge in [0.1, 0.15) is 11.4 Å². The molecule has 1 amide bonds. The summed E-state index contributed by atoms with van der Waals surface area (Å²) in [5.74, 6) is -0.398. The molecule has 13 nitrogen and oxygen atoms in total. The van der Waals surface area contributed by atoms with Crippen molar-refractivity contribution in [3.05, 3.63) is 35.2 Å². The van der Waals surface area contributed by atoms with E-state index in [4.69, 9.17) is 14.0 Å². The van der Waals surface area contributed by atoms with Crippen LogP contribution < -0.4 is 9.46 Å². The number of ether oxygens (including phenoxy) is 2. The monoisotopic (exact) mass is 644 g/mol. The second-order valence-electron chi connectivity index (χ2n) is 11.3. The maximum Gasteiger partial charge on any atom is 0.267 e. The standard InChI is InChI=1S/C28H44N4O9S2/c1-18-15-32(19(2)17-33)28(34)24-14-23(30-43(37,38)27-21(4)29-41-22(27)5)11-12-25(24)40-20(3)10-8-9-13-39-26(18)16-31(6)42(7,35)36/h11-12,14,18-20,26,30,33H,8-10,13,15-17H2,1-7H3/t18-,19+,20+,26+/m0/s1. The van der Waals surface area contributed by atoms with Gasteiger partial charge >= 0.3 is 0 Å². The van der Waals surface area contributed by atoms with Gasteiger partial charge in [-0.05, 0) is 65.2 Å². The second kappa shape index (κ2) is 14.4. The first kappa shape index (κ1) is 34.8. The van der Waals surface area contributed by atoms with E-state index in [0.29, 0.717) is 13.0 Å².